The fourth-order valence-corrected chi connectivity index (χ4v) is 7.42. The van der Waals surface area contributed by atoms with E-state index in [2.05, 4.69) is 32.5 Å². The summed E-state index contributed by atoms with van der Waals surface area (Å²) < 4.78 is 39.0. The van der Waals surface area contributed by atoms with Gasteiger partial charge in [0.05, 0.1) is 34.3 Å². The summed E-state index contributed by atoms with van der Waals surface area (Å²) in [6, 6.07) is 12.5. The number of likely N-dealkylation sites (N-methyl/N-ethyl adjacent to an activating group) is 1. The van der Waals surface area contributed by atoms with Crippen molar-refractivity contribution in [3.63, 3.8) is 0 Å². The van der Waals surface area contributed by atoms with Crippen molar-refractivity contribution in [2.24, 2.45) is 0 Å². The molecule has 214 valence electrons. The van der Waals surface area contributed by atoms with Crippen LogP contribution in [0.15, 0.2) is 53.6 Å². The van der Waals surface area contributed by atoms with Crippen LogP contribution in [-0.4, -0.2) is 61.4 Å². The minimum absolute atomic E-state index is 0.149. The molecule has 1 aromatic heterocycles. The molecule has 2 heterocycles. The molecule has 40 heavy (non-hydrogen) atoms. The van der Waals surface area contributed by atoms with Gasteiger partial charge in [0.15, 0.2) is 15.7 Å². The monoisotopic (exact) mass is 585 g/mol. The van der Waals surface area contributed by atoms with Crippen LogP contribution in [-0.2, 0) is 9.84 Å². The normalized spacial score (nSPS) is 18.4. The molecule has 3 aromatic rings. The van der Waals surface area contributed by atoms with Crippen molar-refractivity contribution in [2.45, 2.75) is 61.7 Å². The SMILES string of the molecule is CCOc1cc(O[C@H]2CCN(C)C2)ccc1Nc1ncc(Cl)c(Nc2ccccc2S(=O)(=O)C2CCCCC2)n1. The van der Waals surface area contributed by atoms with Crippen LogP contribution in [0.1, 0.15) is 45.4 Å². The lowest BCUT2D eigenvalue weighted by Gasteiger charge is -2.23. The molecule has 2 aromatic carbocycles. The summed E-state index contributed by atoms with van der Waals surface area (Å²) in [5.41, 5.74) is 1.11. The van der Waals surface area contributed by atoms with Crippen LogP contribution >= 0.6 is 11.6 Å². The van der Waals surface area contributed by atoms with Gasteiger partial charge in [-0.15, -0.1) is 0 Å². The minimum Gasteiger partial charge on any atom is -0.492 e. The standard InChI is InChI=1S/C29H36ClN5O4S/c1-3-38-26-17-20(39-21-15-16-35(2)19-21)13-14-24(26)33-29-31-18-23(30)28(34-29)32-25-11-7-8-12-27(25)40(36,37)22-9-5-4-6-10-22/h7-8,11-14,17-18,21-22H,3-6,9-10,15-16,19H2,1-2H3,(H2,31,32,33,34)/t21-/m0/s1. The number of anilines is 4. The number of nitrogens with zero attached hydrogens (tertiary/aromatic N) is 3. The summed E-state index contributed by atoms with van der Waals surface area (Å²) >= 11 is 6.45. The van der Waals surface area contributed by atoms with E-state index < -0.39 is 9.84 Å². The van der Waals surface area contributed by atoms with Crippen LogP contribution in [0.4, 0.5) is 23.1 Å². The summed E-state index contributed by atoms with van der Waals surface area (Å²) in [7, 11) is -1.42. The highest BCUT2D eigenvalue weighted by atomic mass is 35.5. The number of para-hydroxylation sites is 1. The molecule has 1 aliphatic carbocycles. The number of rotatable bonds is 10. The van der Waals surface area contributed by atoms with Gasteiger partial charge in [-0.2, -0.15) is 4.98 Å². The van der Waals surface area contributed by atoms with Crippen molar-refractivity contribution in [3.8, 4) is 11.5 Å². The summed E-state index contributed by atoms with van der Waals surface area (Å²) in [5.74, 6) is 1.94. The van der Waals surface area contributed by atoms with Gasteiger partial charge in [-0.3, -0.25) is 0 Å². The Balaban J connectivity index is 1.36. The Labute approximate surface area is 241 Å². The van der Waals surface area contributed by atoms with Crippen molar-refractivity contribution in [3.05, 3.63) is 53.7 Å². The smallest absolute Gasteiger partial charge is 0.229 e. The van der Waals surface area contributed by atoms with Crippen LogP contribution in [0.5, 0.6) is 11.5 Å². The third-order valence-electron chi connectivity index (χ3n) is 7.33. The maximum absolute atomic E-state index is 13.5. The van der Waals surface area contributed by atoms with Crippen molar-refractivity contribution in [1.82, 2.24) is 14.9 Å². The molecule has 1 saturated carbocycles. The molecule has 2 fully saturated rings. The first kappa shape index (κ1) is 28.4. The number of hydrogen-bond donors (Lipinski definition) is 2. The van der Waals surface area contributed by atoms with Crippen LogP contribution in [0, 0.1) is 0 Å². The Bertz CT molecular complexity index is 1430. The molecule has 0 unspecified atom stereocenters. The van der Waals surface area contributed by atoms with Gasteiger partial charge in [-0.1, -0.05) is 43.0 Å². The molecule has 0 spiro atoms. The minimum atomic E-state index is -3.51. The maximum atomic E-state index is 13.5. The van der Waals surface area contributed by atoms with Gasteiger partial charge in [0.2, 0.25) is 5.95 Å². The van der Waals surface area contributed by atoms with Gasteiger partial charge in [-0.05, 0) is 57.5 Å². The maximum Gasteiger partial charge on any atom is 0.229 e. The Morgan fingerprint density at radius 1 is 1.05 bits per heavy atom. The van der Waals surface area contributed by atoms with Crippen molar-refractivity contribution < 1.29 is 17.9 Å². The van der Waals surface area contributed by atoms with Gasteiger partial charge in [0, 0.05) is 19.2 Å². The molecule has 1 saturated heterocycles. The number of sulfone groups is 1. The first-order valence-corrected chi connectivity index (χ1v) is 15.8. The molecule has 2 N–H and O–H groups in total. The molecule has 1 atom stereocenters. The summed E-state index contributed by atoms with van der Waals surface area (Å²) in [6.07, 6.45) is 6.92. The van der Waals surface area contributed by atoms with Gasteiger partial charge in [-0.25, -0.2) is 13.4 Å². The van der Waals surface area contributed by atoms with Crippen LogP contribution < -0.4 is 20.1 Å². The lowest BCUT2D eigenvalue weighted by molar-refractivity contribution is 0.207. The quantitative estimate of drug-likeness (QED) is 0.287. The fourth-order valence-electron chi connectivity index (χ4n) is 5.27. The first-order valence-electron chi connectivity index (χ1n) is 13.8. The number of hydrogen-bond acceptors (Lipinski definition) is 9. The number of likely N-dealkylation sites (tertiary alicyclic amines) is 1. The van der Waals surface area contributed by atoms with Crippen LogP contribution in [0.25, 0.3) is 0 Å². The van der Waals surface area contributed by atoms with Crippen LogP contribution in [0.3, 0.4) is 0 Å². The summed E-state index contributed by atoms with van der Waals surface area (Å²) in [5, 5.41) is 6.25. The van der Waals surface area contributed by atoms with E-state index in [4.69, 9.17) is 21.1 Å². The third-order valence-corrected chi connectivity index (χ3v) is 9.93. The number of aromatic nitrogens is 2. The lowest BCUT2D eigenvalue weighted by atomic mass is 10.0. The second-order valence-corrected chi connectivity index (χ2v) is 12.9. The Kier molecular flexibility index (Phi) is 8.97. The second-order valence-electron chi connectivity index (χ2n) is 10.3. The highest BCUT2D eigenvalue weighted by Gasteiger charge is 2.31. The van der Waals surface area contributed by atoms with E-state index in [1.54, 1.807) is 24.3 Å². The predicted molar refractivity (Wildman–Crippen MR) is 158 cm³/mol. The van der Waals surface area contributed by atoms with E-state index in [9.17, 15) is 8.42 Å². The average Bonchev–Trinajstić information content (AvgIpc) is 3.37. The number of benzene rings is 2. The van der Waals surface area contributed by atoms with E-state index in [1.165, 1.54) is 6.20 Å². The van der Waals surface area contributed by atoms with E-state index in [1.807, 2.05) is 25.1 Å². The number of halogens is 1. The molecule has 1 aliphatic heterocycles. The Morgan fingerprint density at radius 3 is 2.60 bits per heavy atom. The largest absolute Gasteiger partial charge is 0.492 e. The highest BCUT2D eigenvalue weighted by molar-refractivity contribution is 7.92. The topological polar surface area (TPSA) is 106 Å². The van der Waals surface area contributed by atoms with Gasteiger partial charge >= 0.3 is 0 Å². The third kappa shape index (κ3) is 6.62. The van der Waals surface area contributed by atoms with E-state index in [0.29, 0.717) is 42.4 Å². The molecular formula is C29H36ClN5O4S. The van der Waals surface area contributed by atoms with Crippen molar-refractivity contribution >= 4 is 44.6 Å². The van der Waals surface area contributed by atoms with Crippen LogP contribution in [0.2, 0.25) is 5.02 Å². The van der Waals surface area contributed by atoms with Gasteiger partial charge in [0.1, 0.15) is 22.6 Å². The van der Waals surface area contributed by atoms with E-state index in [-0.39, 0.29) is 27.2 Å². The van der Waals surface area contributed by atoms with Gasteiger partial charge < -0.3 is 25.0 Å². The Morgan fingerprint density at radius 2 is 1.85 bits per heavy atom. The molecule has 0 bridgehead atoms. The molecule has 0 radical (unpaired) electrons. The number of ether oxygens (including phenoxy) is 2. The summed E-state index contributed by atoms with van der Waals surface area (Å²) in [6.45, 7) is 4.31. The van der Waals surface area contributed by atoms with E-state index >= 15 is 0 Å². The van der Waals surface area contributed by atoms with E-state index in [0.717, 1.165) is 44.5 Å². The van der Waals surface area contributed by atoms with Crippen molar-refractivity contribution in [2.75, 3.05) is 37.4 Å². The lowest BCUT2D eigenvalue weighted by Crippen LogP contribution is -2.24. The molecule has 9 nitrogen and oxygen atoms in total. The Hall–Kier alpha value is -3.08. The fraction of sp³-hybridized carbons (Fsp3) is 0.448. The average molecular weight is 586 g/mol. The molecule has 0 amide bonds. The molecule has 5 rings (SSSR count). The van der Waals surface area contributed by atoms with Crippen molar-refractivity contribution in [1.29, 1.82) is 0 Å². The zero-order valence-electron chi connectivity index (χ0n) is 22.9. The highest BCUT2D eigenvalue weighted by Crippen LogP contribution is 2.36. The van der Waals surface area contributed by atoms with Gasteiger partial charge in [0.25, 0.3) is 0 Å². The predicted octanol–water partition coefficient (Wildman–Crippen LogP) is 6.21. The molecule has 2 aliphatic rings. The zero-order valence-corrected chi connectivity index (χ0v) is 24.5. The second kappa shape index (κ2) is 12.6. The zero-order chi connectivity index (χ0) is 28.1. The molecular weight excluding hydrogens is 550 g/mol. The number of nitrogens with one attached hydrogen (secondary N) is 2. The molecule has 11 heteroatoms. The first-order chi connectivity index (χ1) is 19.3. The summed E-state index contributed by atoms with van der Waals surface area (Å²) in [4.78, 5) is 11.4.